The lowest BCUT2D eigenvalue weighted by molar-refractivity contribution is 0.379. The van der Waals surface area contributed by atoms with Crippen molar-refractivity contribution >= 4 is 11.0 Å². The van der Waals surface area contributed by atoms with Crippen molar-refractivity contribution in [3.05, 3.63) is 30.1 Å². The molecule has 0 aliphatic carbocycles. The normalized spacial score (nSPS) is 14.5. The van der Waals surface area contributed by atoms with Crippen molar-refractivity contribution in [3.63, 3.8) is 0 Å². The fourth-order valence-corrected chi connectivity index (χ4v) is 2.91. The summed E-state index contributed by atoms with van der Waals surface area (Å²) in [5.74, 6) is 1.91. The first-order chi connectivity index (χ1) is 10.2. The van der Waals surface area contributed by atoms with Crippen molar-refractivity contribution in [2.75, 3.05) is 6.54 Å². The van der Waals surface area contributed by atoms with Crippen LogP contribution >= 0.6 is 0 Å². The number of benzene rings is 1. The molecule has 1 heterocycles. The molecule has 21 heavy (non-hydrogen) atoms. The fraction of sp³-hybridized carbons (Fsp3) is 0.611. The van der Waals surface area contributed by atoms with Crippen molar-refractivity contribution in [3.8, 4) is 0 Å². The summed E-state index contributed by atoms with van der Waals surface area (Å²) in [5, 5.41) is 3.72. The first kappa shape index (κ1) is 16.0. The minimum Gasteiger partial charge on any atom is -0.327 e. The highest BCUT2D eigenvalue weighted by molar-refractivity contribution is 5.75. The summed E-state index contributed by atoms with van der Waals surface area (Å²) in [7, 11) is 0. The van der Waals surface area contributed by atoms with Gasteiger partial charge in [0, 0.05) is 19.1 Å². The van der Waals surface area contributed by atoms with Crippen molar-refractivity contribution in [1.29, 1.82) is 0 Å². The monoisotopic (exact) mass is 287 g/mol. The summed E-state index contributed by atoms with van der Waals surface area (Å²) >= 11 is 0. The van der Waals surface area contributed by atoms with Gasteiger partial charge in [0.25, 0.3) is 0 Å². The second-order valence-electron chi connectivity index (χ2n) is 6.11. The van der Waals surface area contributed by atoms with Gasteiger partial charge in [-0.3, -0.25) is 0 Å². The summed E-state index contributed by atoms with van der Waals surface area (Å²) in [4.78, 5) is 4.63. The highest BCUT2D eigenvalue weighted by Crippen LogP contribution is 2.15. The van der Waals surface area contributed by atoms with Crippen LogP contribution in [0.1, 0.15) is 45.9 Å². The van der Waals surface area contributed by atoms with Gasteiger partial charge in [0.1, 0.15) is 5.82 Å². The number of nitrogens with one attached hydrogen (secondary N) is 1. The molecule has 2 unspecified atom stereocenters. The molecule has 0 aliphatic rings. The molecule has 3 heteroatoms. The maximum Gasteiger partial charge on any atom is 0.106 e. The lowest BCUT2D eigenvalue weighted by atomic mass is 9.98. The SMILES string of the molecule is CCC(C)CC(CC)NCCn1c(C)nc2ccccc21. The molecule has 2 rings (SSSR count). The molecule has 0 fully saturated rings. The van der Waals surface area contributed by atoms with Crippen molar-refractivity contribution < 1.29 is 0 Å². The van der Waals surface area contributed by atoms with E-state index in [1.54, 1.807) is 0 Å². The summed E-state index contributed by atoms with van der Waals surface area (Å²) in [6.45, 7) is 11.0. The number of aryl methyl sites for hydroxylation is 1. The average molecular weight is 287 g/mol. The van der Waals surface area contributed by atoms with Gasteiger partial charge < -0.3 is 9.88 Å². The Balaban J connectivity index is 1.94. The molecule has 0 saturated carbocycles. The van der Waals surface area contributed by atoms with Crippen LogP contribution < -0.4 is 5.32 Å². The van der Waals surface area contributed by atoms with Crippen LogP contribution in [0.5, 0.6) is 0 Å². The topological polar surface area (TPSA) is 29.9 Å². The standard InChI is InChI=1S/C18H29N3/c1-5-14(3)13-16(6-2)19-11-12-21-15(4)20-17-9-7-8-10-18(17)21/h7-10,14,16,19H,5-6,11-13H2,1-4H3. The van der Waals surface area contributed by atoms with Crippen molar-refractivity contribution in [2.45, 2.75) is 59.5 Å². The van der Waals surface area contributed by atoms with Gasteiger partial charge in [0.15, 0.2) is 0 Å². The average Bonchev–Trinajstić information content (AvgIpc) is 2.82. The van der Waals surface area contributed by atoms with E-state index in [1.165, 1.54) is 24.8 Å². The van der Waals surface area contributed by atoms with Gasteiger partial charge >= 0.3 is 0 Å². The minimum atomic E-state index is 0.634. The lowest BCUT2D eigenvalue weighted by Crippen LogP contribution is -2.32. The van der Waals surface area contributed by atoms with Crippen LogP contribution in [0, 0.1) is 12.8 Å². The zero-order chi connectivity index (χ0) is 15.2. The zero-order valence-corrected chi connectivity index (χ0v) is 13.9. The Morgan fingerprint density at radius 3 is 2.67 bits per heavy atom. The number of imidazole rings is 1. The van der Waals surface area contributed by atoms with Crippen LogP contribution in [0.15, 0.2) is 24.3 Å². The van der Waals surface area contributed by atoms with Crippen LogP contribution in [0.3, 0.4) is 0 Å². The Labute approximate surface area is 128 Å². The molecule has 3 nitrogen and oxygen atoms in total. The molecule has 2 atom stereocenters. The summed E-state index contributed by atoms with van der Waals surface area (Å²) < 4.78 is 2.32. The predicted molar refractivity (Wildman–Crippen MR) is 90.6 cm³/mol. The molecule has 2 aromatic rings. The third-order valence-electron chi connectivity index (χ3n) is 4.49. The minimum absolute atomic E-state index is 0.634. The first-order valence-electron chi connectivity index (χ1n) is 8.30. The van der Waals surface area contributed by atoms with Gasteiger partial charge in [-0.05, 0) is 37.8 Å². The predicted octanol–water partition coefficient (Wildman–Crippen LogP) is 4.15. The number of aromatic nitrogens is 2. The third-order valence-corrected chi connectivity index (χ3v) is 4.49. The fourth-order valence-electron chi connectivity index (χ4n) is 2.91. The van der Waals surface area contributed by atoms with Gasteiger partial charge in [-0.15, -0.1) is 0 Å². The van der Waals surface area contributed by atoms with E-state index in [2.05, 4.69) is 66.8 Å². The molecule has 116 valence electrons. The van der Waals surface area contributed by atoms with Gasteiger partial charge in [-0.1, -0.05) is 39.3 Å². The molecule has 1 N–H and O–H groups in total. The van der Waals surface area contributed by atoms with E-state index < -0.39 is 0 Å². The molecule has 0 bridgehead atoms. The van der Waals surface area contributed by atoms with Gasteiger partial charge in [0.2, 0.25) is 0 Å². The molecule has 0 amide bonds. The van der Waals surface area contributed by atoms with Crippen LogP contribution in [-0.2, 0) is 6.54 Å². The quantitative estimate of drug-likeness (QED) is 0.790. The Morgan fingerprint density at radius 2 is 1.95 bits per heavy atom. The van der Waals surface area contributed by atoms with Crippen molar-refractivity contribution in [2.24, 2.45) is 5.92 Å². The van der Waals surface area contributed by atoms with Crippen LogP contribution in [0.4, 0.5) is 0 Å². The Hall–Kier alpha value is -1.35. The number of rotatable bonds is 8. The van der Waals surface area contributed by atoms with Gasteiger partial charge in [-0.2, -0.15) is 0 Å². The van der Waals surface area contributed by atoms with Gasteiger partial charge in [-0.25, -0.2) is 4.98 Å². The number of para-hydroxylation sites is 2. The van der Waals surface area contributed by atoms with E-state index in [1.807, 2.05) is 0 Å². The number of fused-ring (bicyclic) bond motifs is 1. The van der Waals surface area contributed by atoms with E-state index in [9.17, 15) is 0 Å². The maximum absolute atomic E-state index is 4.63. The second kappa shape index (κ2) is 7.60. The van der Waals surface area contributed by atoms with E-state index in [0.29, 0.717) is 6.04 Å². The Kier molecular flexibility index (Phi) is 5.80. The highest BCUT2D eigenvalue weighted by Gasteiger charge is 2.11. The smallest absolute Gasteiger partial charge is 0.106 e. The molecule has 0 spiro atoms. The summed E-state index contributed by atoms with van der Waals surface area (Å²) in [6.07, 6.45) is 3.74. The molecular formula is C18H29N3. The highest BCUT2D eigenvalue weighted by atomic mass is 15.1. The molecule has 0 saturated heterocycles. The molecule has 0 aliphatic heterocycles. The van der Waals surface area contributed by atoms with Crippen molar-refractivity contribution in [1.82, 2.24) is 14.9 Å². The van der Waals surface area contributed by atoms with Crippen LogP contribution in [-0.4, -0.2) is 22.1 Å². The maximum atomic E-state index is 4.63. The van der Waals surface area contributed by atoms with Crippen LogP contribution in [0.25, 0.3) is 11.0 Å². The molecular weight excluding hydrogens is 258 g/mol. The van der Waals surface area contributed by atoms with E-state index in [0.717, 1.165) is 30.3 Å². The summed E-state index contributed by atoms with van der Waals surface area (Å²) in [6, 6.07) is 9.02. The van der Waals surface area contributed by atoms with E-state index >= 15 is 0 Å². The third kappa shape index (κ3) is 4.07. The van der Waals surface area contributed by atoms with Gasteiger partial charge in [0.05, 0.1) is 11.0 Å². The van der Waals surface area contributed by atoms with E-state index in [-0.39, 0.29) is 0 Å². The molecule has 1 aromatic heterocycles. The number of nitrogens with zero attached hydrogens (tertiary/aromatic N) is 2. The van der Waals surface area contributed by atoms with E-state index in [4.69, 9.17) is 0 Å². The lowest BCUT2D eigenvalue weighted by Gasteiger charge is -2.20. The van der Waals surface area contributed by atoms with Crippen LogP contribution in [0.2, 0.25) is 0 Å². The number of hydrogen-bond acceptors (Lipinski definition) is 2. The largest absolute Gasteiger partial charge is 0.327 e. The number of hydrogen-bond donors (Lipinski definition) is 1. The Morgan fingerprint density at radius 1 is 1.19 bits per heavy atom. The summed E-state index contributed by atoms with van der Waals surface area (Å²) in [5.41, 5.74) is 2.34. The first-order valence-corrected chi connectivity index (χ1v) is 8.30. The molecule has 1 aromatic carbocycles. The Bertz CT molecular complexity index is 559. The zero-order valence-electron chi connectivity index (χ0n) is 13.9. The molecule has 0 radical (unpaired) electrons. The second-order valence-corrected chi connectivity index (χ2v) is 6.11.